The second-order valence-corrected chi connectivity index (χ2v) is 8.24. The van der Waals surface area contributed by atoms with Crippen molar-refractivity contribution in [3.05, 3.63) is 64.3 Å². The number of benzene rings is 2. The van der Waals surface area contributed by atoms with Gasteiger partial charge in [0.25, 0.3) is 5.91 Å². The lowest BCUT2D eigenvalue weighted by atomic mass is 10.1. The van der Waals surface area contributed by atoms with Crippen molar-refractivity contribution in [2.45, 2.75) is 0 Å². The first-order valence-corrected chi connectivity index (χ1v) is 11.0. The van der Waals surface area contributed by atoms with Crippen molar-refractivity contribution in [2.75, 3.05) is 50.8 Å². The smallest absolute Gasteiger partial charge is 0.294 e. The van der Waals surface area contributed by atoms with E-state index in [1.54, 1.807) is 18.2 Å². The largest absolute Gasteiger partial charge is 0.449 e. The maximum absolute atomic E-state index is 13.2. The Kier molecular flexibility index (Phi) is 7.01. The molecule has 0 atom stereocenters. The molecule has 1 N–H and O–H groups in total. The molecule has 2 aliphatic heterocycles. The molecule has 1 saturated heterocycles. The predicted octanol–water partition coefficient (Wildman–Crippen LogP) is 2.66. The van der Waals surface area contributed by atoms with Crippen molar-refractivity contribution in [3.63, 3.8) is 0 Å². The van der Waals surface area contributed by atoms with Gasteiger partial charge in [-0.2, -0.15) is 0 Å². The number of morpholine rings is 1. The van der Waals surface area contributed by atoms with Gasteiger partial charge in [-0.05, 0) is 35.9 Å². The van der Waals surface area contributed by atoms with Gasteiger partial charge in [-0.3, -0.25) is 19.4 Å². The zero-order valence-corrected chi connectivity index (χ0v) is 18.6. The first-order chi connectivity index (χ1) is 15.1. The number of hydrogen-bond donors (Lipinski definition) is 1. The summed E-state index contributed by atoms with van der Waals surface area (Å²) in [5, 5.41) is 2.92. The molecule has 0 aromatic heterocycles. The van der Waals surface area contributed by atoms with Crippen LogP contribution in [0.2, 0.25) is 0 Å². The van der Waals surface area contributed by atoms with Crippen molar-refractivity contribution >= 4 is 39.5 Å². The summed E-state index contributed by atoms with van der Waals surface area (Å²) in [6.45, 7) is 4.40. The topological polar surface area (TPSA) is 71.1 Å². The minimum atomic E-state index is -0.345. The molecule has 0 unspecified atom stereocenters. The number of nitrogens with zero attached hydrogens (tertiary/aromatic N) is 2. The number of fused-ring (bicyclic) bond motifs is 1. The molecule has 31 heavy (non-hydrogen) atoms. The first-order valence-electron chi connectivity index (χ1n) is 10.2. The highest BCUT2D eigenvalue weighted by Gasteiger charge is 2.31. The van der Waals surface area contributed by atoms with Crippen molar-refractivity contribution in [1.29, 1.82) is 0 Å². The Morgan fingerprint density at radius 2 is 1.94 bits per heavy atom. The van der Waals surface area contributed by atoms with Gasteiger partial charge < -0.3 is 14.8 Å². The molecule has 2 heterocycles. The molecule has 2 aromatic rings. The van der Waals surface area contributed by atoms with Gasteiger partial charge in [0, 0.05) is 30.7 Å². The summed E-state index contributed by atoms with van der Waals surface area (Å²) in [4.78, 5) is 29.5. The standard InChI is InChI=1S/C23H24BrN3O4/c24-18-5-3-4-17(14-18)15-21-23(29)27(19-6-1-2-7-20(19)31-21)16-22(28)25-8-9-26-10-12-30-13-11-26/h1-7,14-15H,8-13,16H2,(H,25,28). The highest BCUT2D eigenvalue weighted by molar-refractivity contribution is 9.10. The molecule has 0 radical (unpaired) electrons. The van der Waals surface area contributed by atoms with Crippen LogP contribution in [-0.4, -0.2) is 62.7 Å². The number of nitrogens with one attached hydrogen (secondary N) is 1. The molecule has 8 heteroatoms. The zero-order chi connectivity index (χ0) is 21.6. The van der Waals surface area contributed by atoms with Gasteiger partial charge in [0.2, 0.25) is 5.91 Å². The second kappa shape index (κ2) is 10.1. The second-order valence-electron chi connectivity index (χ2n) is 7.33. The van der Waals surface area contributed by atoms with E-state index >= 15 is 0 Å². The lowest BCUT2D eigenvalue weighted by Gasteiger charge is -2.30. The van der Waals surface area contributed by atoms with Gasteiger partial charge in [0.05, 0.1) is 18.9 Å². The molecule has 7 nitrogen and oxygen atoms in total. The Balaban J connectivity index is 1.46. The van der Waals surface area contributed by atoms with Gasteiger partial charge >= 0.3 is 0 Å². The Hall–Kier alpha value is -2.68. The quantitative estimate of drug-likeness (QED) is 0.636. The normalized spacial score (nSPS) is 17.9. The van der Waals surface area contributed by atoms with E-state index in [2.05, 4.69) is 26.1 Å². The minimum Gasteiger partial charge on any atom is -0.449 e. The molecule has 0 aliphatic carbocycles. The Bertz CT molecular complexity index is 988. The van der Waals surface area contributed by atoms with E-state index in [0.717, 1.165) is 42.9 Å². The molecule has 0 saturated carbocycles. The van der Waals surface area contributed by atoms with Crippen LogP contribution in [0, 0.1) is 0 Å². The summed E-state index contributed by atoms with van der Waals surface area (Å²) in [5.41, 5.74) is 1.41. The lowest BCUT2D eigenvalue weighted by Crippen LogP contribution is -2.46. The predicted molar refractivity (Wildman–Crippen MR) is 122 cm³/mol. The van der Waals surface area contributed by atoms with E-state index < -0.39 is 0 Å². The molecule has 2 aromatic carbocycles. The van der Waals surface area contributed by atoms with E-state index in [1.165, 1.54) is 4.90 Å². The molecule has 0 spiro atoms. The average molecular weight is 486 g/mol. The molecule has 4 rings (SSSR count). The molecular formula is C23H24BrN3O4. The van der Waals surface area contributed by atoms with Crippen LogP contribution in [0.15, 0.2) is 58.8 Å². The number of ether oxygens (including phenoxy) is 2. The third-order valence-electron chi connectivity index (χ3n) is 5.13. The van der Waals surface area contributed by atoms with Crippen molar-refractivity contribution in [2.24, 2.45) is 0 Å². The molecule has 162 valence electrons. The summed E-state index contributed by atoms with van der Waals surface area (Å²) in [6, 6.07) is 14.8. The SMILES string of the molecule is O=C(CN1C(=O)C(=Cc2cccc(Br)c2)Oc2ccccc21)NCCN1CCOCC1. The summed E-state index contributed by atoms with van der Waals surface area (Å²) < 4.78 is 12.1. The number of anilines is 1. The van der Waals surface area contributed by atoms with Crippen LogP contribution in [0.1, 0.15) is 5.56 Å². The van der Waals surface area contributed by atoms with E-state index in [1.807, 2.05) is 36.4 Å². The fraction of sp³-hybridized carbons (Fsp3) is 0.304. The highest BCUT2D eigenvalue weighted by Crippen LogP contribution is 2.35. The molecule has 1 fully saturated rings. The van der Waals surface area contributed by atoms with Crippen LogP contribution in [-0.2, 0) is 14.3 Å². The van der Waals surface area contributed by atoms with Crippen LogP contribution in [0.5, 0.6) is 5.75 Å². The number of halogens is 1. The summed E-state index contributed by atoms with van der Waals surface area (Å²) >= 11 is 3.44. The van der Waals surface area contributed by atoms with Gasteiger partial charge in [-0.1, -0.05) is 40.2 Å². The molecule has 2 aliphatic rings. The summed E-state index contributed by atoms with van der Waals surface area (Å²) in [7, 11) is 0. The fourth-order valence-corrected chi connectivity index (χ4v) is 3.96. The van der Waals surface area contributed by atoms with E-state index in [-0.39, 0.29) is 24.1 Å². The maximum atomic E-state index is 13.2. The van der Waals surface area contributed by atoms with E-state index in [4.69, 9.17) is 9.47 Å². The van der Waals surface area contributed by atoms with E-state index in [0.29, 0.717) is 18.0 Å². The first kappa shape index (κ1) is 21.5. The zero-order valence-electron chi connectivity index (χ0n) is 17.1. The number of rotatable bonds is 6. The Morgan fingerprint density at radius 1 is 1.13 bits per heavy atom. The van der Waals surface area contributed by atoms with Crippen LogP contribution in [0.4, 0.5) is 5.69 Å². The third kappa shape index (κ3) is 5.52. The Morgan fingerprint density at radius 3 is 2.74 bits per heavy atom. The lowest BCUT2D eigenvalue weighted by molar-refractivity contribution is -0.123. The van der Waals surface area contributed by atoms with Gasteiger partial charge in [0.1, 0.15) is 6.54 Å². The van der Waals surface area contributed by atoms with Gasteiger partial charge in [0.15, 0.2) is 11.5 Å². The van der Waals surface area contributed by atoms with Crippen molar-refractivity contribution in [3.8, 4) is 5.75 Å². The number of para-hydroxylation sites is 2. The molecule has 0 bridgehead atoms. The van der Waals surface area contributed by atoms with E-state index in [9.17, 15) is 9.59 Å². The van der Waals surface area contributed by atoms with Crippen LogP contribution in [0.25, 0.3) is 6.08 Å². The number of carbonyl (C=O) groups excluding carboxylic acids is 2. The average Bonchev–Trinajstić information content (AvgIpc) is 2.77. The monoisotopic (exact) mass is 485 g/mol. The van der Waals surface area contributed by atoms with Gasteiger partial charge in [-0.25, -0.2) is 0 Å². The summed E-state index contributed by atoms with van der Waals surface area (Å²) in [5.74, 6) is 0.171. The fourth-order valence-electron chi connectivity index (χ4n) is 3.54. The van der Waals surface area contributed by atoms with Crippen molar-refractivity contribution in [1.82, 2.24) is 10.2 Å². The third-order valence-corrected chi connectivity index (χ3v) is 5.63. The van der Waals surface area contributed by atoms with Gasteiger partial charge in [-0.15, -0.1) is 0 Å². The molecule has 2 amide bonds. The molecular weight excluding hydrogens is 462 g/mol. The number of amides is 2. The summed E-state index contributed by atoms with van der Waals surface area (Å²) in [6.07, 6.45) is 1.69. The van der Waals surface area contributed by atoms with Crippen LogP contribution >= 0.6 is 15.9 Å². The number of hydrogen-bond acceptors (Lipinski definition) is 5. The van der Waals surface area contributed by atoms with Crippen LogP contribution in [0.3, 0.4) is 0 Å². The minimum absolute atomic E-state index is 0.0713. The maximum Gasteiger partial charge on any atom is 0.294 e. The highest BCUT2D eigenvalue weighted by atomic mass is 79.9. The van der Waals surface area contributed by atoms with Crippen LogP contribution < -0.4 is 15.0 Å². The number of carbonyl (C=O) groups is 2. The Labute approximate surface area is 189 Å². The van der Waals surface area contributed by atoms with Crippen molar-refractivity contribution < 1.29 is 19.1 Å².